The van der Waals surface area contributed by atoms with Gasteiger partial charge in [-0.3, -0.25) is 4.79 Å². The van der Waals surface area contributed by atoms with Crippen molar-refractivity contribution in [1.29, 1.82) is 0 Å². The first-order valence-corrected chi connectivity index (χ1v) is 11.3. The number of ether oxygens (including phenoxy) is 1. The minimum absolute atomic E-state index is 0.0623. The zero-order chi connectivity index (χ0) is 24.6. The standard InChI is InChI=1S/C22H18F2N8O2S/c1-34-18-8-26-17(7-27-18)19(33)30-14-2-3-16(24)15(4-14)22-11-32(21-28-5-13(23)6-29-21)9-12(22)10-35-20(25)31-22/h2-9H,10-11H2,1H3,(H2,25,31)(H,30,33)/t22-/m0/s1. The van der Waals surface area contributed by atoms with Gasteiger partial charge in [0.15, 0.2) is 11.0 Å². The van der Waals surface area contributed by atoms with Crippen molar-refractivity contribution in [2.75, 3.05) is 29.6 Å². The number of methoxy groups -OCH3 is 1. The Balaban J connectivity index is 1.49. The molecule has 178 valence electrons. The summed E-state index contributed by atoms with van der Waals surface area (Å²) in [5.41, 5.74) is 6.27. The number of carbonyl (C=O) groups is 1. The van der Waals surface area contributed by atoms with Crippen molar-refractivity contribution in [2.24, 2.45) is 10.7 Å². The van der Waals surface area contributed by atoms with Gasteiger partial charge in [-0.2, -0.15) is 0 Å². The van der Waals surface area contributed by atoms with Crippen LogP contribution in [0.3, 0.4) is 0 Å². The van der Waals surface area contributed by atoms with E-state index >= 15 is 4.39 Å². The van der Waals surface area contributed by atoms with Gasteiger partial charge in [-0.25, -0.2) is 33.7 Å². The van der Waals surface area contributed by atoms with Gasteiger partial charge >= 0.3 is 0 Å². The molecule has 0 saturated carbocycles. The number of hydrogen-bond donors (Lipinski definition) is 2. The summed E-state index contributed by atoms with van der Waals surface area (Å²) < 4.78 is 33.5. The first kappa shape index (κ1) is 22.7. The van der Waals surface area contributed by atoms with Gasteiger partial charge in [0.1, 0.15) is 17.1 Å². The molecule has 1 amide bonds. The van der Waals surface area contributed by atoms with Crippen LogP contribution in [0, 0.1) is 11.6 Å². The number of aromatic nitrogens is 4. The molecule has 0 radical (unpaired) electrons. The van der Waals surface area contributed by atoms with Gasteiger partial charge in [0.05, 0.1) is 38.4 Å². The van der Waals surface area contributed by atoms with E-state index in [9.17, 15) is 9.18 Å². The Morgan fingerprint density at radius 1 is 1.17 bits per heavy atom. The van der Waals surface area contributed by atoms with Crippen LogP contribution >= 0.6 is 11.8 Å². The van der Waals surface area contributed by atoms with Gasteiger partial charge in [-0.1, -0.05) is 11.8 Å². The maximum Gasteiger partial charge on any atom is 0.275 e. The van der Waals surface area contributed by atoms with Gasteiger partial charge in [0.25, 0.3) is 5.91 Å². The molecule has 1 aromatic carbocycles. The molecule has 0 spiro atoms. The second kappa shape index (κ2) is 8.91. The van der Waals surface area contributed by atoms with Crippen molar-refractivity contribution >= 4 is 34.5 Å². The highest BCUT2D eigenvalue weighted by Gasteiger charge is 2.47. The number of aliphatic imine (C=N–C) groups is 1. The van der Waals surface area contributed by atoms with Crippen molar-refractivity contribution in [2.45, 2.75) is 5.54 Å². The third kappa shape index (κ3) is 4.25. The first-order chi connectivity index (χ1) is 16.9. The molecule has 2 aliphatic rings. The number of nitrogens with zero attached hydrogens (tertiary/aromatic N) is 6. The van der Waals surface area contributed by atoms with Crippen LogP contribution in [0.2, 0.25) is 0 Å². The fourth-order valence-corrected chi connectivity index (χ4v) is 4.72. The largest absolute Gasteiger partial charge is 0.480 e. The second-order valence-corrected chi connectivity index (χ2v) is 8.67. The quantitative estimate of drug-likeness (QED) is 0.547. The smallest absolute Gasteiger partial charge is 0.275 e. The number of nitrogens with two attached hydrogens (primary N) is 1. The van der Waals surface area contributed by atoms with E-state index in [1.165, 1.54) is 49.5 Å². The molecular weight excluding hydrogens is 478 g/mol. The molecule has 0 saturated heterocycles. The molecule has 5 rings (SSSR count). The van der Waals surface area contributed by atoms with Gasteiger partial charge in [-0.15, -0.1) is 0 Å². The fraction of sp³-hybridized carbons (Fsp3) is 0.182. The molecule has 0 aliphatic carbocycles. The highest BCUT2D eigenvalue weighted by molar-refractivity contribution is 8.14. The number of halogens is 2. The highest BCUT2D eigenvalue weighted by Crippen LogP contribution is 2.46. The molecule has 0 fully saturated rings. The van der Waals surface area contributed by atoms with E-state index in [2.05, 4.69) is 30.2 Å². The van der Waals surface area contributed by atoms with Crippen LogP contribution < -0.4 is 20.7 Å². The lowest BCUT2D eigenvalue weighted by atomic mass is 9.85. The molecule has 2 aliphatic heterocycles. The number of carbonyl (C=O) groups excluding carboxylic acids is 1. The lowest BCUT2D eigenvalue weighted by Crippen LogP contribution is -2.38. The Labute approximate surface area is 202 Å². The predicted octanol–water partition coefficient (Wildman–Crippen LogP) is 2.47. The Kier molecular flexibility index (Phi) is 5.76. The molecule has 0 bridgehead atoms. The van der Waals surface area contributed by atoms with Gasteiger partial charge in [-0.05, 0) is 23.8 Å². The lowest BCUT2D eigenvalue weighted by Gasteiger charge is -2.33. The number of fused-ring (bicyclic) bond motifs is 1. The monoisotopic (exact) mass is 496 g/mol. The molecule has 3 aromatic rings. The van der Waals surface area contributed by atoms with E-state index in [-0.39, 0.29) is 29.6 Å². The Morgan fingerprint density at radius 2 is 1.97 bits per heavy atom. The van der Waals surface area contributed by atoms with Crippen LogP contribution in [0.4, 0.5) is 20.4 Å². The van der Waals surface area contributed by atoms with E-state index in [4.69, 9.17) is 10.5 Å². The summed E-state index contributed by atoms with van der Waals surface area (Å²) in [5.74, 6) is -0.643. The Bertz CT molecular complexity index is 1350. The summed E-state index contributed by atoms with van der Waals surface area (Å²) in [6.07, 6.45) is 6.48. The molecule has 4 heterocycles. The molecule has 1 atom stereocenters. The summed E-state index contributed by atoms with van der Waals surface area (Å²) in [5, 5.41) is 3.00. The number of nitrogens with one attached hydrogen (secondary N) is 1. The Morgan fingerprint density at radius 3 is 2.69 bits per heavy atom. The van der Waals surface area contributed by atoms with Crippen molar-refractivity contribution in [3.8, 4) is 5.88 Å². The van der Waals surface area contributed by atoms with E-state index in [0.29, 0.717) is 16.6 Å². The molecule has 13 heteroatoms. The molecular formula is C22H18F2N8O2S. The second-order valence-electron chi connectivity index (χ2n) is 7.68. The zero-order valence-electron chi connectivity index (χ0n) is 18.3. The van der Waals surface area contributed by atoms with Crippen molar-refractivity contribution in [1.82, 2.24) is 19.9 Å². The summed E-state index contributed by atoms with van der Waals surface area (Å²) in [4.78, 5) is 35.0. The number of thioether (sulfide) groups is 1. The number of benzene rings is 1. The van der Waals surface area contributed by atoms with E-state index in [0.717, 1.165) is 18.0 Å². The average molecular weight is 497 g/mol. The van der Waals surface area contributed by atoms with Crippen LogP contribution in [-0.4, -0.2) is 50.4 Å². The number of amides is 1. The van der Waals surface area contributed by atoms with Crippen molar-refractivity contribution in [3.05, 3.63) is 77.7 Å². The Hall–Kier alpha value is -4.13. The fourth-order valence-electron chi connectivity index (χ4n) is 3.88. The number of hydrogen-bond acceptors (Lipinski definition) is 10. The van der Waals surface area contributed by atoms with Crippen LogP contribution in [0.15, 0.2) is 59.8 Å². The predicted molar refractivity (Wildman–Crippen MR) is 126 cm³/mol. The summed E-state index contributed by atoms with van der Waals surface area (Å²) in [6.45, 7) is 0.146. The summed E-state index contributed by atoms with van der Waals surface area (Å²) in [6, 6.07) is 4.20. The van der Waals surface area contributed by atoms with Gasteiger partial charge in [0.2, 0.25) is 11.8 Å². The van der Waals surface area contributed by atoms with Crippen molar-refractivity contribution in [3.63, 3.8) is 0 Å². The molecule has 3 N–H and O–H groups in total. The minimum Gasteiger partial charge on any atom is -0.480 e. The van der Waals surface area contributed by atoms with Crippen LogP contribution in [0.1, 0.15) is 16.1 Å². The topological polar surface area (TPSA) is 132 Å². The molecule has 35 heavy (non-hydrogen) atoms. The van der Waals surface area contributed by atoms with Gasteiger partial charge in [0, 0.05) is 23.2 Å². The molecule has 2 aromatic heterocycles. The van der Waals surface area contributed by atoms with Gasteiger partial charge < -0.3 is 20.7 Å². The molecule has 10 nitrogen and oxygen atoms in total. The lowest BCUT2D eigenvalue weighted by molar-refractivity contribution is 0.102. The van der Waals surface area contributed by atoms with Crippen LogP contribution in [-0.2, 0) is 5.54 Å². The number of rotatable bonds is 5. The normalized spacial score (nSPS) is 19.0. The highest BCUT2D eigenvalue weighted by atomic mass is 32.2. The van der Waals surface area contributed by atoms with E-state index in [1.807, 2.05) is 0 Å². The van der Waals surface area contributed by atoms with Crippen LogP contribution in [0.25, 0.3) is 0 Å². The maximum absolute atomic E-state index is 15.2. The average Bonchev–Trinajstić information content (AvgIpc) is 3.25. The number of anilines is 2. The maximum atomic E-state index is 15.2. The van der Waals surface area contributed by atoms with Crippen LogP contribution in [0.5, 0.6) is 5.88 Å². The summed E-state index contributed by atoms with van der Waals surface area (Å²) in [7, 11) is 1.44. The SMILES string of the molecule is COc1cnc(C(=O)Nc2ccc(F)c([C@]34CN(c5ncc(F)cn5)C=C3CSC(N)=N4)c2)cn1. The number of amidine groups is 1. The van der Waals surface area contributed by atoms with Crippen molar-refractivity contribution < 1.29 is 18.3 Å². The van der Waals surface area contributed by atoms with E-state index in [1.54, 1.807) is 11.1 Å². The third-order valence-electron chi connectivity index (χ3n) is 5.52. The molecule has 0 unspecified atom stereocenters. The minimum atomic E-state index is -1.17. The third-order valence-corrected chi connectivity index (χ3v) is 6.36. The first-order valence-electron chi connectivity index (χ1n) is 10.3. The summed E-state index contributed by atoms with van der Waals surface area (Å²) >= 11 is 1.32. The van der Waals surface area contributed by atoms with E-state index < -0.39 is 23.1 Å². The zero-order valence-corrected chi connectivity index (χ0v) is 19.1.